The van der Waals surface area contributed by atoms with Gasteiger partial charge in [0.1, 0.15) is 11.6 Å². The summed E-state index contributed by atoms with van der Waals surface area (Å²) >= 11 is 1.71. The van der Waals surface area contributed by atoms with Crippen LogP contribution in [0, 0.1) is 11.6 Å². The molecule has 1 atom stereocenters. The fourth-order valence-corrected chi connectivity index (χ4v) is 2.18. The number of rotatable bonds is 6. The summed E-state index contributed by atoms with van der Waals surface area (Å²) in [5.74, 6) is 0.0974. The normalized spacial score (nSPS) is 13.1. The number of nitrogens with zero attached hydrogens (tertiary/aromatic N) is 1. The fourth-order valence-electron chi connectivity index (χ4n) is 1.71. The Morgan fingerprint density at radius 3 is 2.71 bits per heavy atom. The highest BCUT2D eigenvalue weighted by molar-refractivity contribution is 7.98. The molecule has 0 aliphatic heterocycles. The van der Waals surface area contributed by atoms with Crippen molar-refractivity contribution < 1.29 is 8.78 Å². The summed E-state index contributed by atoms with van der Waals surface area (Å²) in [5, 5.41) is 0. The van der Waals surface area contributed by atoms with Crippen LogP contribution in [0.5, 0.6) is 0 Å². The van der Waals surface area contributed by atoms with E-state index >= 15 is 0 Å². The van der Waals surface area contributed by atoms with Gasteiger partial charge in [0.2, 0.25) is 0 Å². The van der Waals surface area contributed by atoms with Gasteiger partial charge in [-0.1, -0.05) is 0 Å². The second-order valence-electron chi connectivity index (χ2n) is 3.89. The van der Waals surface area contributed by atoms with E-state index in [-0.39, 0.29) is 12.6 Å². The second-order valence-corrected chi connectivity index (χ2v) is 4.88. The molecule has 0 bridgehead atoms. The number of hydrogen-bond acceptors (Lipinski definition) is 3. The van der Waals surface area contributed by atoms with Crippen LogP contribution in [-0.2, 0) is 0 Å². The van der Waals surface area contributed by atoms with Crippen molar-refractivity contribution in [1.29, 1.82) is 0 Å². The lowest BCUT2D eigenvalue weighted by atomic mass is 10.0. The Morgan fingerprint density at radius 1 is 1.41 bits per heavy atom. The van der Waals surface area contributed by atoms with Crippen LogP contribution in [0.25, 0.3) is 0 Å². The van der Waals surface area contributed by atoms with Crippen molar-refractivity contribution in [3.8, 4) is 0 Å². The molecular weight excluding hydrogens is 242 g/mol. The summed E-state index contributed by atoms with van der Waals surface area (Å²) in [7, 11) is 1.87. The van der Waals surface area contributed by atoms with Gasteiger partial charge in [-0.2, -0.15) is 11.8 Å². The Morgan fingerprint density at radius 2 is 2.12 bits per heavy atom. The molecule has 96 valence electrons. The second kappa shape index (κ2) is 6.93. The summed E-state index contributed by atoms with van der Waals surface area (Å²) in [6.07, 6.45) is 2.01. The van der Waals surface area contributed by atoms with Crippen molar-refractivity contribution in [1.82, 2.24) is 4.90 Å². The van der Waals surface area contributed by atoms with Gasteiger partial charge in [-0.15, -0.1) is 0 Å². The smallest absolute Gasteiger partial charge is 0.128 e. The monoisotopic (exact) mass is 260 g/mol. The number of nitrogens with two attached hydrogens (primary N) is 1. The molecule has 17 heavy (non-hydrogen) atoms. The molecule has 0 radical (unpaired) electrons. The molecule has 5 heteroatoms. The Bertz CT molecular complexity index is 360. The fraction of sp³-hybridized carbons (Fsp3) is 0.500. The summed E-state index contributed by atoms with van der Waals surface area (Å²) < 4.78 is 26.8. The minimum absolute atomic E-state index is 0.269. The van der Waals surface area contributed by atoms with Crippen molar-refractivity contribution in [3.05, 3.63) is 35.4 Å². The van der Waals surface area contributed by atoms with Crippen LogP contribution >= 0.6 is 11.8 Å². The first-order valence-electron chi connectivity index (χ1n) is 5.44. The predicted molar refractivity (Wildman–Crippen MR) is 69.2 cm³/mol. The van der Waals surface area contributed by atoms with Gasteiger partial charge in [0.05, 0.1) is 0 Å². The van der Waals surface area contributed by atoms with E-state index < -0.39 is 11.6 Å². The molecule has 1 aromatic carbocycles. The summed E-state index contributed by atoms with van der Waals surface area (Å²) in [6.45, 7) is 1.06. The van der Waals surface area contributed by atoms with Gasteiger partial charge in [0.25, 0.3) is 0 Å². The largest absolute Gasteiger partial charge is 0.329 e. The van der Waals surface area contributed by atoms with Crippen LogP contribution in [0.3, 0.4) is 0 Å². The Labute approximate surface area is 105 Å². The van der Waals surface area contributed by atoms with Crippen LogP contribution < -0.4 is 5.73 Å². The van der Waals surface area contributed by atoms with Gasteiger partial charge in [0.15, 0.2) is 0 Å². The average Bonchev–Trinajstić information content (AvgIpc) is 2.32. The summed E-state index contributed by atoms with van der Waals surface area (Å²) in [4.78, 5) is 1.95. The first-order chi connectivity index (χ1) is 8.10. The van der Waals surface area contributed by atoms with Crippen molar-refractivity contribution in [2.24, 2.45) is 5.73 Å². The molecule has 0 spiro atoms. The maximum Gasteiger partial charge on any atom is 0.128 e. The molecule has 0 fully saturated rings. The molecule has 0 saturated heterocycles. The van der Waals surface area contributed by atoms with Crippen molar-refractivity contribution in [3.63, 3.8) is 0 Å². The predicted octanol–water partition coefficient (Wildman–Crippen LogP) is 2.26. The average molecular weight is 260 g/mol. The molecular formula is C12H18F2N2S. The first kappa shape index (κ1) is 14.4. The van der Waals surface area contributed by atoms with E-state index in [9.17, 15) is 8.78 Å². The van der Waals surface area contributed by atoms with E-state index in [1.165, 1.54) is 6.07 Å². The van der Waals surface area contributed by atoms with Gasteiger partial charge >= 0.3 is 0 Å². The molecule has 0 amide bonds. The topological polar surface area (TPSA) is 29.3 Å². The molecule has 0 heterocycles. The molecule has 0 aliphatic rings. The number of halogens is 2. The van der Waals surface area contributed by atoms with E-state index in [0.29, 0.717) is 5.56 Å². The van der Waals surface area contributed by atoms with Gasteiger partial charge in [-0.3, -0.25) is 4.90 Å². The van der Waals surface area contributed by atoms with E-state index in [0.717, 1.165) is 24.4 Å². The van der Waals surface area contributed by atoms with Gasteiger partial charge in [0, 0.05) is 30.4 Å². The highest BCUT2D eigenvalue weighted by Gasteiger charge is 2.19. The van der Waals surface area contributed by atoms with Crippen LogP contribution in [0.2, 0.25) is 0 Å². The van der Waals surface area contributed by atoms with Gasteiger partial charge < -0.3 is 5.73 Å². The molecule has 2 nitrogen and oxygen atoms in total. The molecule has 0 aromatic heterocycles. The zero-order valence-corrected chi connectivity index (χ0v) is 10.9. The van der Waals surface area contributed by atoms with Crippen LogP contribution in [0.4, 0.5) is 8.78 Å². The molecule has 1 aromatic rings. The van der Waals surface area contributed by atoms with Crippen LogP contribution in [0.15, 0.2) is 18.2 Å². The van der Waals surface area contributed by atoms with E-state index in [2.05, 4.69) is 0 Å². The molecule has 1 unspecified atom stereocenters. The van der Waals surface area contributed by atoms with Crippen molar-refractivity contribution >= 4 is 11.8 Å². The van der Waals surface area contributed by atoms with E-state index in [1.807, 2.05) is 18.2 Å². The Hall–Kier alpha value is -0.650. The lowest BCUT2D eigenvalue weighted by Gasteiger charge is -2.27. The standard InChI is InChI=1S/C12H18F2N2S/c1-16(5-6-17-2)12(8-15)10-7-9(13)3-4-11(10)14/h3-4,7,12H,5-6,8,15H2,1-2H3. The summed E-state index contributed by atoms with van der Waals surface area (Å²) in [5.41, 5.74) is 5.99. The minimum atomic E-state index is -0.432. The number of likely N-dealkylation sites (N-methyl/N-ethyl adjacent to an activating group) is 1. The first-order valence-corrected chi connectivity index (χ1v) is 6.83. The van der Waals surface area contributed by atoms with Crippen molar-refractivity contribution in [2.75, 3.05) is 32.1 Å². The third-order valence-electron chi connectivity index (χ3n) is 2.72. The van der Waals surface area contributed by atoms with Crippen LogP contribution in [0.1, 0.15) is 11.6 Å². The Balaban J connectivity index is 2.88. The lowest BCUT2D eigenvalue weighted by Crippen LogP contribution is -2.32. The van der Waals surface area contributed by atoms with Gasteiger partial charge in [-0.25, -0.2) is 8.78 Å². The number of hydrogen-bond donors (Lipinski definition) is 1. The zero-order valence-electron chi connectivity index (χ0n) is 10.1. The molecule has 1 rings (SSSR count). The number of thioether (sulfide) groups is 1. The molecule has 2 N–H and O–H groups in total. The molecule has 0 aliphatic carbocycles. The minimum Gasteiger partial charge on any atom is -0.329 e. The summed E-state index contributed by atoms with van der Waals surface area (Å²) in [6, 6.07) is 3.21. The van der Waals surface area contributed by atoms with Crippen LogP contribution in [-0.4, -0.2) is 37.0 Å². The zero-order chi connectivity index (χ0) is 12.8. The maximum atomic E-state index is 13.6. The quantitative estimate of drug-likeness (QED) is 0.850. The highest BCUT2D eigenvalue weighted by atomic mass is 32.2. The Kier molecular flexibility index (Phi) is 5.88. The third kappa shape index (κ3) is 3.94. The molecule has 0 saturated carbocycles. The third-order valence-corrected chi connectivity index (χ3v) is 3.31. The van der Waals surface area contributed by atoms with Crippen molar-refractivity contribution in [2.45, 2.75) is 6.04 Å². The SMILES string of the molecule is CSCCN(C)C(CN)c1cc(F)ccc1F. The lowest BCUT2D eigenvalue weighted by molar-refractivity contribution is 0.259. The van der Waals surface area contributed by atoms with E-state index in [1.54, 1.807) is 11.8 Å². The number of benzene rings is 1. The highest BCUT2D eigenvalue weighted by Crippen LogP contribution is 2.22. The van der Waals surface area contributed by atoms with Gasteiger partial charge in [-0.05, 0) is 31.5 Å². The maximum absolute atomic E-state index is 13.6. The van der Waals surface area contributed by atoms with E-state index in [4.69, 9.17) is 5.73 Å².